The summed E-state index contributed by atoms with van der Waals surface area (Å²) in [6, 6.07) is 0. The monoisotopic (exact) mass is 740 g/mol. The summed E-state index contributed by atoms with van der Waals surface area (Å²) in [5, 5.41) is 1.41. The third-order valence-electron chi connectivity index (χ3n) is 5.81. The summed E-state index contributed by atoms with van der Waals surface area (Å²) in [4.78, 5) is 53.7. The second-order valence-electron chi connectivity index (χ2n) is 8.95. The topological polar surface area (TPSA) is 168 Å². The third kappa shape index (κ3) is 15.6. The van der Waals surface area contributed by atoms with Crippen molar-refractivity contribution in [3.8, 4) is 0 Å². The van der Waals surface area contributed by atoms with Crippen LogP contribution in [0.15, 0.2) is 0 Å². The molecular weight excluding hydrogens is 704 g/mol. The van der Waals surface area contributed by atoms with Crippen molar-refractivity contribution in [2.45, 2.75) is 25.7 Å². The number of halogens is 2. The normalized spacial score (nSPS) is 16.3. The molecule has 2 fully saturated rings. The number of nitrogens with zero attached hydrogens (tertiary/aromatic N) is 4. The standard InChI is InChI=1S/C12H22N2O8S2.C10H16Br2N2O2/c1-23(17,18)21-9-3-11(15)13-5-7-14(8-6-13)12(16)4-10-22-24(2,19)20;11-3-1-9(15)13-5-7-14(8-6-13)10(16)2-4-12/h3-10H2,1-2H3;1-8H2. The van der Waals surface area contributed by atoms with E-state index in [9.17, 15) is 36.0 Å². The molecule has 0 bridgehead atoms. The molecule has 18 heteroatoms. The molecule has 2 rings (SSSR count). The molecule has 0 radical (unpaired) electrons. The smallest absolute Gasteiger partial charge is 0.264 e. The largest absolute Gasteiger partial charge is 0.339 e. The number of hydrogen-bond acceptors (Lipinski definition) is 10. The molecule has 0 atom stereocenters. The van der Waals surface area contributed by atoms with Crippen molar-refractivity contribution >= 4 is 75.7 Å². The molecule has 4 amide bonds. The van der Waals surface area contributed by atoms with Crippen molar-refractivity contribution in [1.82, 2.24) is 19.6 Å². The predicted octanol–water partition coefficient (Wildman–Crippen LogP) is -0.383. The number of piperazine rings is 2. The Bertz CT molecular complexity index is 975. The fourth-order valence-electron chi connectivity index (χ4n) is 3.77. The molecule has 0 spiro atoms. The first-order chi connectivity index (χ1) is 18.7. The molecule has 14 nitrogen and oxygen atoms in total. The van der Waals surface area contributed by atoms with Crippen LogP contribution in [0.25, 0.3) is 0 Å². The van der Waals surface area contributed by atoms with Crippen LogP contribution in [0.4, 0.5) is 0 Å². The lowest BCUT2D eigenvalue weighted by Gasteiger charge is -2.34. The molecule has 2 aliphatic rings. The lowest BCUT2D eigenvalue weighted by molar-refractivity contribution is -0.140. The first-order valence-electron chi connectivity index (χ1n) is 12.6. The van der Waals surface area contributed by atoms with Crippen molar-refractivity contribution in [1.29, 1.82) is 0 Å². The molecule has 2 saturated heterocycles. The van der Waals surface area contributed by atoms with E-state index in [1.807, 2.05) is 9.80 Å². The summed E-state index contributed by atoms with van der Waals surface area (Å²) in [6.45, 7) is 3.57. The van der Waals surface area contributed by atoms with E-state index in [-0.39, 0.29) is 49.7 Å². The highest BCUT2D eigenvalue weighted by molar-refractivity contribution is 9.09. The fourth-order valence-corrected chi connectivity index (χ4v) is 5.22. The zero-order valence-corrected chi connectivity index (χ0v) is 27.6. The SMILES string of the molecule is CS(=O)(=O)OCCC(=O)N1CCN(C(=O)CCOS(C)(=O)=O)CC1.O=C(CCBr)N1CCN(C(=O)CCBr)CC1. The van der Waals surface area contributed by atoms with Crippen LogP contribution in [0.3, 0.4) is 0 Å². The Balaban J connectivity index is 0.000000433. The summed E-state index contributed by atoms with van der Waals surface area (Å²) >= 11 is 6.51. The van der Waals surface area contributed by atoms with Gasteiger partial charge in [0, 0.05) is 75.9 Å². The van der Waals surface area contributed by atoms with Crippen LogP contribution in [0.2, 0.25) is 0 Å². The lowest BCUT2D eigenvalue weighted by Crippen LogP contribution is -2.50. The number of rotatable bonds is 12. The van der Waals surface area contributed by atoms with Crippen LogP contribution in [-0.4, -0.2) is 149 Å². The van der Waals surface area contributed by atoms with Gasteiger partial charge in [0.2, 0.25) is 23.6 Å². The third-order valence-corrected chi connectivity index (χ3v) is 7.80. The Hall–Kier alpha value is -1.34. The van der Waals surface area contributed by atoms with Gasteiger partial charge in [0.1, 0.15) is 0 Å². The van der Waals surface area contributed by atoms with E-state index in [2.05, 4.69) is 40.2 Å². The van der Waals surface area contributed by atoms with Crippen molar-refractivity contribution in [2.75, 3.05) is 88.7 Å². The van der Waals surface area contributed by atoms with Gasteiger partial charge in [-0.05, 0) is 0 Å². The molecule has 2 aliphatic heterocycles. The summed E-state index contributed by atoms with van der Waals surface area (Å²) < 4.78 is 52.3. The van der Waals surface area contributed by atoms with E-state index < -0.39 is 20.2 Å². The molecule has 0 aliphatic carbocycles. The van der Waals surface area contributed by atoms with Crippen molar-refractivity contribution < 1.29 is 44.4 Å². The Morgan fingerprint density at radius 1 is 0.525 bits per heavy atom. The minimum absolute atomic E-state index is 0.0524. The Morgan fingerprint density at radius 2 is 0.750 bits per heavy atom. The van der Waals surface area contributed by atoms with Gasteiger partial charge in [-0.15, -0.1) is 0 Å². The van der Waals surface area contributed by atoms with Crippen LogP contribution in [0.1, 0.15) is 25.7 Å². The lowest BCUT2D eigenvalue weighted by atomic mass is 10.2. The first-order valence-corrected chi connectivity index (χ1v) is 18.5. The molecule has 0 saturated carbocycles. The summed E-state index contributed by atoms with van der Waals surface area (Å²) in [5.41, 5.74) is 0. The predicted molar refractivity (Wildman–Crippen MR) is 154 cm³/mol. The fraction of sp³-hybridized carbons (Fsp3) is 0.818. The minimum Gasteiger partial charge on any atom is -0.339 e. The molecule has 2 heterocycles. The minimum atomic E-state index is -3.57. The Kier molecular flexibility index (Phi) is 16.7. The van der Waals surface area contributed by atoms with Gasteiger partial charge in [-0.2, -0.15) is 16.8 Å². The van der Waals surface area contributed by atoms with Gasteiger partial charge in [0.05, 0.1) is 38.6 Å². The zero-order chi connectivity index (χ0) is 30.3. The Labute approximate surface area is 253 Å². The van der Waals surface area contributed by atoms with Crippen LogP contribution in [0, 0.1) is 0 Å². The van der Waals surface area contributed by atoms with Gasteiger partial charge in [-0.1, -0.05) is 31.9 Å². The van der Waals surface area contributed by atoms with E-state index in [4.69, 9.17) is 0 Å². The molecule has 0 unspecified atom stereocenters. The van der Waals surface area contributed by atoms with E-state index in [0.717, 1.165) is 12.5 Å². The number of carbonyl (C=O) groups is 4. The summed E-state index contributed by atoms with van der Waals surface area (Å²) in [6.07, 6.45) is 2.79. The van der Waals surface area contributed by atoms with E-state index in [1.54, 1.807) is 0 Å². The van der Waals surface area contributed by atoms with Crippen LogP contribution in [0.5, 0.6) is 0 Å². The quantitative estimate of drug-likeness (QED) is 0.190. The zero-order valence-electron chi connectivity index (χ0n) is 22.8. The van der Waals surface area contributed by atoms with E-state index in [1.165, 1.54) is 9.80 Å². The van der Waals surface area contributed by atoms with Gasteiger partial charge >= 0.3 is 0 Å². The molecular formula is C22H38Br2N4O10S2. The number of alkyl halides is 2. The second-order valence-corrected chi connectivity index (χ2v) is 13.8. The van der Waals surface area contributed by atoms with E-state index >= 15 is 0 Å². The van der Waals surface area contributed by atoms with Gasteiger partial charge in [0.25, 0.3) is 20.2 Å². The molecule has 232 valence electrons. The Morgan fingerprint density at radius 3 is 0.950 bits per heavy atom. The maximum Gasteiger partial charge on any atom is 0.264 e. The highest BCUT2D eigenvalue weighted by atomic mass is 79.9. The summed E-state index contributed by atoms with van der Waals surface area (Å²) in [7, 11) is -7.14. The first kappa shape index (κ1) is 36.7. The number of carbonyl (C=O) groups excluding carboxylic acids is 4. The maximum absolute atomic E-state index is 11.9. The van der Waals surface area contributed by atoms with Crippen LogP contribution >= 0.6 is 31.9 Å². The van der Waals surface area contributed by atoms with Gasteiger partial charge in [-0.3, -0.25) is 27.5 Å². The van der Waals surface area contributed by atoms with Crippen molar-refractivity contribution in [2.24, 2.45) is 0 Å². The summed E-state index contributed by atoms with van der Waals surface area (Å²) in [5.74, 6) is -0.147. The highest BCUT2D eigenvalue weighted by Crippen LogP contribution is 2.08. The van der Waals surface area contributed by atoms with Gasteiger partial charge in [0.15, 0.2) is 0 Å². The van der Waals surface area contributed by atoms with Gasteiger partial charge in [-0.25, -0.2) is 0 Å². The molecule has 0 aromatic heterocycles. The van der Waals surface area contributed by atoms with Crippen LogP contribution < -0.4 is 0 Å². The van der Waals surface area contributed by atoms with E-state index in [0.29, 0.717) is 75.9 Å². The number of hydrogen-bond donors (Lipinski definition) is 0. The second kappa shape index (κ2) is 18.3. The molecule has 0 aromatic rings. The van der Waals surface area contributed by atoms with Crippen molar-refractivity contribution in [3.05, 3.63) is 0 Å². The molecule has 0 aromatic carbocycles. The number of amides is 4. The van der Waals surface area contributed by atoms with Gasteiger partial charge < -0.3 is 19.6 Å². The highest BCUT2D eigenvalue weighted by Gasteiger charge is 2.25. The van der Waals surface area contributed by atoms with Crippen LogP contribution in [-0.2, 0) is 47.8 Å². The van der Waals surface area contributed by atoms with Crippen molar-refractivity contribution in [3.63, 3.8) is 0 Å². The average Bonchev–Trinajstić information content (AvgIpc) is 2.88. The molecule has 40 heavy (non-hydrogen) atoms. The maximum atomic E-state index is 11.9. The average molecular weight is 743 g/mol. The molecule has 0 N–H and O–H groups in total.